The molecule has 6 atom stereocenters. The Morgan fingerprint density at radius 2 is 1.43 bits per heavy atom. The molecule has 0 unspecified atom stereocenters. The molecule has 3 aromatic carbocycles. The largest absolute Gasteiger partial charge is 0.505 e. The number of allylic oxidation sites excluding steroid dienone is 2. The molecule has 2 heterocycles. The SMILES string of the molecule is O=C1[C@H]2[C@H](CC=C3[C@H]2C[C@@]2(Cl)C(=O)N(c4ccc(F)cc4)C(=O)[C@@]2(Cl)[C@H]3c2ccc(O)c(F)c2)C(=O)N1c1ccc(Cl)cc1. The number of carbonyl (C=O) groups is 4. The van der Waals surface area contributed by atoms with E-state index in [0.29, 0.717) is 16.3 Å². The lowest BCUT2D eigenvalue weighted by atomic mass is 9.56. The van der Waals surface area contributed by atoms with Gasteiger partial charge in [0, 0.05) is 10.9 Å². The van der Waals surface area contributed by atoms with Crippen molar-refractivity contribution in [3.63, 3.8) is 0 Å². The van der Waals surface area contributed by atoms with Gasteiger partial charge in [0.05, 0.1) is 23.2 Å². The van der Waals surface area contributed by atoms with Crippen molar-refractivity contribution in [2.24, 2.45) is 17.8 Å². The summed E-state index contributed by atoms with van der Waals surface area (Å²) in [5.74, 6) is -8.77. The second-order valence-corrected chi connectivity index (χ2v) is 13.1. The van der Waals surface area contributed by atoms with Crippen LogP contribution in [0.3, 0.4) is 0 Å². The number of alkyl halides is 2. The number of hydrogen-bond acceptors (Lipinski definition) is 5. The maximum absolute atomic E-state index is 14.8. The topological polar surface area (TPSA) is 95.0 Å². The van der Waals surface area contributed by atoms with Gasteiger partial charge in [-0.15, -0.1) is 23.2 Å². The maximum atomic E-state index is 14.8. The Kier molecular flexibility index (Phi) is 6.49. The first-order chi connectivity index (χ1) is 20.9. The van der Waals surface area contributed by atoms with E-state index in [1.807, 2.05) is 0 Å². The lowest BCUT2D eigenvalue weighted by Crippen LogP contribution is -2.60. The molecule has 12 heteroatoms. The maximum Gasteiger partial charge on any atom is 0.258 e. The molecule has 4 amide bonds. The summed E-state index contributed by atoms with van der Waals surface area (Å²) >= 11 is 20.5. The van der Waals surface area contributed by atoms with E-state index in [9.17, 15) is 33.1 Å². The summed E-state index contributed by atoms with van der Waals surface area (Å²) in [6.45, 7) is 0. The molecule has 2 aliphatic carbocycles. The quantitative estimate of drug-likeness (QED) is 0.209. The third-order valence-electron chi connectivity index (χ3n) is 9.29. The van der Waals surface area contributed by atoms with Gasteiger partial charge >= 0.3 is 0 Å². The van der Waals surface area contributed by atoms with E-state index >= 15 is 0 Å². The number of benzene rings is 3. The molecule has 4 aliphatic rings. The summed E-state index contributed by atoms with van der Waals surface area (Å²) in [4.78, 5) is 53.7. The van der Waals surface area contributed by atoms with E-state index in [1.54, 1.807) is 30.3 Å². The number of phenols is 1. The Hall–Kier alpha value is -3.79. The Balaban J connectivity index is 1.40. The van der Waals surface area contributed by atoms with Crippen LogP contribution in [0.1, 0.15) is 24.3 Å². The first kappa shape index (κ1) is 29.0. The predicted molar refractivity (Wildman–Crippen MR) is 159 cm³/mol. The number of hydrogen-bond donors (Lipinski definition) is 1. The fourth-order valence-corrected chi connectivity index (χ4v) is 8.38. The van der Waals surface area contributed by atoms with Crippen molar-refractivity contribution in [1.82, 2.24) is 0 Å². The monoisotopic (exact) mass is 656 g/mol. The van der Waals surface area contributed by atoms with Gasteiger partial charge in [-0.05, 0) is 85.0 Å². The average Bonchev–Trinajstić information content (AvgIpc) is 3.33. The third-order valence-corrected chi connectivity index (χ3v) is 11.0. The number of fused-ring (bicyclic) bond motifs is 4. The van der Waals surface area contributed by atoms with Crippen molar-refractivity contribution in [1.29, 1.82) is 0 Å². The van der Waals surface area contributed by atoms with Gasteiger partial charge in [0.15, 0.2) is 21.3 Å². The highest BCUT2D eigenvalue weighted by Gasteiger charge is 2.76. The molecule has 1 N–H and O–H groups in total. The fourth-order valence-electron chi connectivity index (χ4n) is 7.32. The second-order valence-electron chi connectivity index (χ2n) is 11.4. The van der Waals surface area contributed by atoms with Crippen LogP contribution in [0.25, 0.3) is 0 Å². The molecule has 0 spiro atoms. The highest BCUT2D eigenvalue weighted by molar-refractivity contribution is 6.58. The minimum absolute atomic E-state index is 0.0300. The van der Waals surface area contributed by atoms with Gasteiger partial charge in [-0.25, -0.2) is 13.7 Å². The van der Waals surface area contributed by atoms with Crippen molar-refractivity contribution in [2.45, 2.75) is 28.5 Å². The number of rotatable bonds is 3. The Morgan fingerprint density at radius 3 is 2.09 bits per heavy atom. The Labute approximate surface area is 264 Å². The van der Waals surface area contributed by atoms with Gasteiger partial charge in [-0.2, -0.15) is 0 Å². The van der Waals surface area contributed by atoms with E-state index in [-0.39, 0.29) is 24.1 Å². The number of amides is 4. The zero-order chi connectivity index (χ0) is 31.3. The first-order valence-electron chi connectivity index (χ1n) is 13.7. The number of imide groups is 2. The highest BCUT2D eigenvalue weighted by atomic mass is 35.5. The van der Waals surface area contributed by atoms with Crippen molar-refractivity contribution in [2.75, 3.05) is 9.80 Å². The molecule has 7 rings (SSSR count). The number of carbonyl (C=O) groups excluding carboxylic acids is 4. The normalized spacial score (nSPS) is 31.2. The molecule has 2 aliphatic heterocycles. The van der Waals surface area contributed by atoms with Crippen LogP contribution in [0.2, 0.25) is 5.02 Å². The Morgan fingerprint density at radius 1 is 0.795 bits per heavy atom. The first-order valence-corrected chi connectivity index (χ1v) is 14.9. The molecular formula is C32H21Cl3F2N2O5. The van der Waals surface area contributed by atoms with Gasteiger partial charge in [0.25, 0.3) is 11.8 Å². The van der Waals surface area contributed by atoms with Crippen LogP contribution in [0.4, 0.5) is 20.2 Å². The third kappa shape index (κ3) is 3.79. The minimum Gasteiger partial charge on any atom is -0.505 e. The van der Waals surface area contributed by atoms with Crippen LogP contribution in [0.15, 0.2) is 78.4 Å². The second kappa shape index (κ2) is 9.86. The van der Waals surface area contributed by atoms with E-state index in [1.165, 1.54) is 18.2 Å². The van der Waals surface area contributed by atoms with Gasteiger partial charge in [-0.1, -0.05) is 29.3 Å². The van der Waals surface area contributed by atoms with Crippen molar-refractivity contribution in [3.8, 4) is 5.75 Å². The lowest BCUT2D eigenvalue weighted by molar-refractivity contribution is -0.125. The van der Waals surface area contributed by atoms with Crippen LogP contribution < -0.4 is 9.80 Å². The number of aromatic hydroxyl groups is 1. The molecule has 0 aromatic heterocycles. The van der Waals surface area contributed by atoms with Crippen LogP contribution in [0.5, 0.6) is 5.75 Å². The Bertz CT molecular complexity index is 1820. The molecule has 2 saturated heterocycles. The molecule has 0 radical (unpaired) electrons. The van der Waals surface area contributed by atoms with Crippen molar-refractivity contribution in [3.05, 3.63) is 101 Å². The molecule has 3 aromatic rings. The van der Waals surface area contributed by atoms with Gasteiger partial charge < -0.3 is 5.11 Å². The molecule has 224 valence electrons. The summed E-state index contributed by atoms with van der Waals surface area (Å²) in [7, 11) is 0. The summed E-state index contributed by atoms with van der Waals surface area (Å²) in [6.07, 6.45) is 1.56. The molecule has 0 bridgehead atoms. The summed E-state index contributed by atoms with van der Waals surface area (Å²) in [5, 5.41) is 10.3. The van der Waals surface area contributed by atoms with E-state index in [4.69, 9.17) is 34.8 Å². The standard InChI is InChI=1S/C32H21Cl3F2N2O5/c33-16-2-6-18(7-3-16)38-27(41)21-11-10-20-22(25(21)28(38)42)14-31(34)29(43)39(19-8-4-17(36)5-9-19)30(44)32(31,35)26(20)15-1-12-24(40)23(37)13-15/h1-10,12-13,21-22,25-26,40H,11,14H2/t21-,22+,25-,26-,31+,32-/m0/s1. The smallest absolute Gasteiger partial charge is 0.258 e. The van der Waals surface area contributed by atoms with Crippen molar-refractivity contribution >= 4 is 69.8 Å². The molecule has 44 heavy (non-hydrogen) atoms. The summed E-state index contributed by atoms with van der Waals surface area (Å²) < 4.78 is 28.6. The van der Waals surface area contributed by atoms with Gasteiger partial charge in [0.1, 0.15) is 5.82 Å². The van der Waals surface area contributed by atoms with Crippen LogP contribution in [-0.2, 0) is 19.2 Å². The highest BCUT2D eigenvalue weighted by Crippen LogP contribution is 2.66. The average molecular weight is 658 g/mol. The molecular weight excluding hydrogens is 637 g/mol. The number of nitrogens with zero attached hydrogens (tertiary/aromatic N) is 2. The van der Waals surface area contributed by atoms with Crippen LogP contribution >= 0.6 is 34.8 Å². The zero-order valence-corrected chi connectivity index (χ0v) is 24.8. The summed E-state index contributed by atoms with van der Waals surface area (Å²) in [6, 6.07) is 14.3. The van der Waals surface area contributed by atoms with E-state index in [0.717, 1.165) is 34.1 Å². The van der Waals surface area contributed by atoms with Crippen LogP contribution in [0, 0.1) is 29.4 Å². The summed E-state index contributed by atoms with van der Waals surface area (Å²) in [5.41, 5.74) is 0.963. The lowest BCUT2D eigenvalue weighted by Gasteiger charge is -2.50. The van der Waals surface area contributed by atoms with Gasteiger partial charge in [-0.3, -0.25) is 24.1 Å². The zero-order valence-electron chi connectivity index (χ0n) is 22.5. The molecule has 1 saturated carbocycles. The fraction of sp³-hybridized carbons (Fsp3) is 0.250. The van der Waals surface area contributed by atoms with E-state index < -0.39 is 74.4 Å². The molecule has 3 fully saturated rings. The van der Waals surface area contributed by atoms with E-state index in [2.05, 4.69) is 0 Å². The van der Waals surface area contributed by atoms with Crippen molar-refractivity contribution < 1.29 is 33.1 Å². The van der Waals surface area contributed by atoms with Crippen LogP contribution in [-0.4, -0.2) is 38.5 Å². The number of halogens is 5. The predicted octanol–water partition coefficient (Wildman–Crippen LogP) is 6.09. The number of anilines is 2. The molecule has 7 nitrogen and oxygen atoms in total. The minimum atomic E-state index is -2.21. The number of phenolic OH excluding ortho intramolecular Hbond substituents is 1. The van der Waals surface area contributed by atoms with Gasteiger partial charge in [0.2, 0.25) is 11.8 Å².